The van der Waals surface area contributed by atoms with Gasteiger partial charge in [0.25, 0.3) is 0 Å². The molecule has 0 saturated carbocycles. The average Bonchev–Trinajstić information content (AvgIpc) is 2.83. The molecule has 1 aliphatic carbocycles. The Kier molecular flexibility index (Phi) is 5.41. The molecule has 0 saturated heterocycles. The normalized spacial score (nSPS) is 16.7. The summed E-state index contributed by atoms with van der Waals surface area (Å²) in [5.41, 5.74) is 3.87. The molecule has 0 fully saturated rings. The highest BCUT2D eigenvalue weighted by Crippen LogP contribution is 2.32. The highest BCUT2D eigenvalue weighted by atomic mass is 16.2. The predicted molar refractivity (Wildman–Crippen MR) is 86.5 cm³/mol. The van der Waals surface area contributed by atoms with Crippen LogP contribution in [-0.2, 0) is 22.6 Å². The number of nitrogens with zero attached hydrogens (tertiary/aromatic N) is 1. The van der Waals surface area contributed by atoms with E-state index in [1.807, 2.05) is 0 Å². The van der Waals surface area contributed by atoms with Crippen molar-refractivity contribution in [2.75, 3.05) is 6.54 Å². The summed E-state index contributed by atoms with van der Waals surface area (Å²) in [4.78, 5) is 23.1. The third-order valence-corrected chi connectivity index (χ3v) is 4.22. The van der Waals surface area contributed by atoms with Gasteiger partial charge in [0, 0.05) is 30.9 Å². The summed E-state index contributed by atoms with van der Waals surface area (Å²) in [7, 11) is 0. The van der Waals surface area contributed by atoms with Crippen molar-refractivity contribution >= 4 is 11.8 Å². The molecule has 1 heterocycles. The number of aromatic nitrogens is 1. The molecule has 5 nitrogen and oxygen atoms in total. The molecule has 0 aromatic carbocycles. The Bertz CT molecular complexity index is 575. The van der Waals surface area contributed by atoms with Gasteiger partial charge in [0.15, 0.2) is 0 Å². The number of carbonyl (C=O) groups excluding carboxylic acids is 2. The molecule has 120 valence electrons. The summed E-state index contributed by atoms with van der Waals surface area (Å²) < 4.78 is 2.33. The monoisotopic (exact) mass is 303 g/mol. The zero-order valence-corrected chi connectivity index (χ0v) is 13.4. The van der Waals surface area contributed by atoms with Crippen LogP contribution >= 0.6 is 0 Å². The molecule has 1 unspecified atom stereocenters. The molecule has 2 rings (SSSR count). The lowest BCUT2D eigenvalue weighted by atomic mass is 9.92. The van der Waals surface area contributed by atoms with E-state index >= 15 is 0 Å². The molecular formula is C17H25N3O2. The summed E-state index contributed by atoms with van der Waals surface area (Å²) in [6.07, 6.45) is 4.65. The second-order valence-electron chi connectivity index (χ2n) is 5.69. The smallest absolute Gasteiger partial charge is 0.243 e. The van der Waals surface area contributed by atoms with Crippen LogP contribution in [0.5, 0.6) is 0 Å². The number of aryl methyl sites for hydroxylation is 1. The van der Waals surface area contributed by atoms with Gasteiger partial charge in [-0.25, -0.2) is 0 Å². The molecule has 0 radical (unpaired) electrons. The highest BCUT2D eigenvalue weighted by Gasteiger charge is 2.25. The standard InChI is InChI=1S/C17H25N3O2/c1-4-16(21)18-10-9-17(22)19-14-7-6-8-15-13(14)11-12(3)20(15)5-2/h4,11,14H,1,5-10H2,2-3H3,(H,18,21)(H,19,22). The predicted octanol–water partition coefficient (Wildman–Crippen LogP) is 2.00. The van der Waals surface area contributed by atoms with Crippen LogP contribution in [-0.4, -0.2) is 22.9 Å². The lowest BCUT2D eigenvalue weighted by molar-refractivity contribution is -0.122. The summed E-state index contributed by atoms with van der Waals surface area (Å²) in [6.45, 7) is 8.95. The number of nitrogens with one attached hydrogen (secondary N) is 2. The van der Waals surface area contributed by atoms with Crippen LogP contribution in [0.1, 0.15) is 49.2 Å². The van der Waals surface area contributed by atoms with Gasteiger partial charge in [-0.3, -0.25) is 9.59 Å². The first-order chi connectivity index (χ1) is 10.6. The fourth-order valence-corrected chi connectivity index (χ4v) is 3.19. The lowest BCUT2D eigenvalue weighted by Gasteiger charge is -2.25. The van der Waals surface area contributed by atoms with Gasteiger partial charge in [-0.2, -0.15) is 0 Å². The average molecular weight is 303 g/mol. The summed E-state index contributed by atoms with van der Waals surface area (Å²) in [5, 5.41) is 5.72. The molecule has 1 aromatic rings. The molecule has 0 spiro atoms. The quantitative estimate of drug-likeness (QED) is 0.790. The first-order valence-electron chi connectivity index (χ1n) is 7.95. The van der Waals surface area contributed by atoms with E-state index in [-0.39, 0.29) is 17.9 Å². The van der Waals surface area contributed by atoms with Gasteiger partial charge >= 0.3 is 0 Å². The number of hydrogen-bond acceptors (Lipinski definition) is 2. The van der Waals surface area contributed by atoms with Crippen LogP contribution in [0.2, 0.25) is 0 Å². The zero-order valence-electron chi connectivity index (χ0n) is 13.4. The SMILES string of the molecule is C=CC(=O)NCCC(=O)NC1CCCc2c1cc(C)n2CC. The minimum Gasteiger partial charge on any atom is -0.352 e. The van der Waals surface area contributed by atoms with E-state index in [0.717, 1.165) is 25.8 Å². The largest absolute Gasteiger partial charge is 0.352 e. The minimum absolute atomic E-state index is 0.0240. The molecule has 1 aromatic heterocycles. The number of hydrogen-bond donors (Lipinski definition) is 2. The Morgan fingerprint density at radius 3 is 2.95 bits per heavy atom. The van der Waals surface area contributed by atoms with Gasteiger partial charge < -0.3 is 15.2 Å². The Morgan fingerprint density at radius 2 is 2.27 bits per heavy atom. The summed E-state index contributed by atoms with van der Waals surface area (Å²) in [5.74, 6) is -0.271. The maximum atomic E-state index is 12.1. The third kappa shape index (κ3) is 3.59. The second-order valence-corrected chi connectivity index (χ2v) is 5.69. The topological polar surface area (TPSA) is 63.1 Å². The van der Waals surface area contributed by atoms with Crippen molar-refractivity contribution in [1.29, 1.82) is 0 Å². The lowest BCUT2D eigenvalue weighted by Crippen LogP contribution is -2.33. The first-order valence-corrected chi connectivity index (χ1v) is 7.95. The maximum Gasteiger partial charge on any atom is 0.243 e. The number of rotatable bonds is 6. The van der Waals surface area contributed by atoms with Crippen molar-refractivity contribution in [3.63, 3.8) is 0 Å². The van der Waals surface area contributed by atoms with Crippen molar-refractivity contribution in [2.24, 2.45) is 0 Å². The van der Waals surface area contributed by atoms with E-state index in [0.29, 0.717) is 13.0 Å². The molecule has 5 heteroatoms. The van der Waals surface area contributed by atoms with Crippen LogP contribution in [0.4, 0.5) is 0 Å². The number of fused-ring (bicyclic) bond motifs is 1. The first kappa shape index (κ1) is 16.3. The molecule has 22 heavy (non-hydrogen) atoms. The van der Waals surface area contributed by atoms with Crippen molar-refractivity contribution in [2.45, 2.75) is 52.1 Å². The van der Waals surface area contributed by atoms with Crippen LogP contribution < -0.4 is 10.6 Å². The van der Waals surface area contributed by atoms with E-state index in [2.05, 4.69) is 41.7 Å². The van der Waals surface area contributed by atoms with Gasteiger partial charge in [0.2, 0.25) is 11.8 Å². The maximum absolute atomic E-state index is 12.1. The van der Waals surface area contributed by atoms with Gasteiger partial charge in [-0.1, -0.05) is 6.58 Å². The van der Waals surface area contributed by atoms with E-state index < -0.39 is 0 Å². The van der Waals surface area contributed by atoms with E-state index in [4.69, 9.17) is 0 Å². The van der Waals surface area contributed by atoms with Gasteiger partial charge in [-0.15, -0.1) is 0 Å². The minimum atomic E-state index is -0.247. The van der Waals surface area contributed by atoms with Gasteiger partial charge in [0.05, 0.1) is 6.04 Å². The Balaban J connectivity index is 1.96. The van der Waals surface area contributed by atoms with Crippen LogP contribution in [0.25, 0.3) is 0 Å². The number of amides is 2. The van der Waals surface area contributed by atoms with Crippen LogP contribution in [0.3, 0.4) is 0 Å². The van der Waals surface area contributed by atoms with E-state index in [1.165, 1.54) is 23.0 Å². The zero-order chi connectivity index (χ0) is 16.1. The molecular weight excluding hydrogens is 278 g/mol. The van der Waals surface area contributed by atoms with E-state index in [1.54, 1.807) is 0 Å². The van der Waals surface area contributed by atoms with Gasteiger partial charge in [-0.05, 0) is 50.8 Å². The Hall–Kier alpha value is -2.04. The molecule has 2 N–H and O–H groups in total. The fraction of sp³-hybridized carbons (Fsp3) is 0.529. The van der Waals surface area contributed by atoms with Crippen LogP contribution in [0.15, 0.2) is 18.7 Å². The fourth-order valence-electron chi connectivity index (χ4n) is 3.19. The highest BCUT2D eigenvalue weighted by molar-refractivity contribution is 5.87. The third-order valence-electron chi connectivity index (χ3n) is 4.22. The number of carbonyl (C=O) groups is 2. The van der Waals surface area contributed by atoms with Gasteiger partial charge in [0.1, 0.15) is 0 Å². The Morgan fingerprint density at radius 1 is 1.50 bits per heavy atom. The summed E-state index contributed by atoms with van der Waals surface area (Å²) in [6, 6.07) is 2.29. The van der Waals surface area contributed by atoms with Crippen molar-refractivity contribution in [3.8, 4) is 0 Å². The Labute approximate surface area is 131 Å². The van der Waals surface area contributed by atoms with Crippen molar-refractivity contribution in [3.05, 3.63) is 35.7 Å². The van der Waals surface area contributed by atoms with E-state index in [9.17, 15) is 9.59 Å². The second kappa shape index (κ2) is 7.29. The molecule has 0 bridgehead atoms. The summed E-state index contributed by atoms with van der Waals surface area (Å²) >= 11 is 0. The molecule has 0 aliphatic heterocycles. The molecule has 1 atom stereocenters. The van der Waals surface area contributed by atoms with Crippen LogP contribution in [0, 0.1) is 6.92 Å². The van der Waals surface area contributed by atoms with Crippen molar-refractivity contribution < 1.29 is 9.59 Å². The van der Waals surface area contributed by atoms with Crippen molar-refractivity contribution in [1.82, 2.24) is 15.2 Å². The molecule has 2 amide bonds. The molecule has 1 aliphatic rings.